The zero-order valence-corrected chi connectivity index (χ0v) is 22.5. The summed E-state index contributed by atoms with van der Waals surface area (Å²) in [5.41, 5.74) is 2.64. The SMILES string of the molecule is CC.CC.CC[C@H](C)CCC[C@H]1CCC2[C@@H]3CC=C4C[C@@H](O)CC[C@]4(C)C3CC[C@@]21C. The van der Waals surface area contributed by atoms with E-state index in [4.69, 9.17) is 0 Å². The average Bonchev–Trinajstić information content (AvgIpc) is 3.13. The molecule has 31 heavy (non-hydrogen) atoms. The van der Waals surface area contributed by atoms with Gasteiger partial charge in [0.1, 0.15) is 0 Å². The molecule has 0 aliphatic heterocycles. The molecule has 8 atom stereocenters. The lowest BCUT2D eigenvalue weighted by atomic mass is 9.47. The first-order chi connectivity index (χ1) is 14.9. The van der Waals surface area contributed by atoms with Crippen molar-refractivity contribution >= 4 is 0 Å². The minimum absolute atomic E-state index is 0.0731. The lowest BCUT2D eigenvalue weighted by molar-refractivity contribution is -0.0509. The lowest BCUT2D eigenvalue weighted by Crippen LogP contribution is -2.50. The molecule has 3 saturated carbocycles. The number of aliphatic hydroxyl groups is 1. The summed E-state index contributed by atoms with van der Waals surface area (Å²) in [7, 11) is 0. The van der Waals surface area contributed by atoms with E-state index in [1.165, 1.54) is 64.2 Å². The Morgan fingerprint density at radius 1 is 1.00 bits per heavy atom. The van der Waals surface area contributed by atoms with Gasteiger partial charge in [-0.15, -0.1) is 0 Å². The van der Waals surface area contributed by atoms with Gasteiger partial charge < -0.3 is 5.11 Å². The van der Waals surface area contributed by atoms with Crippen LogP contribution in [0.4, 0.5) is 0 Å². The van der Waals surface area contributed by atoms with Gasteiger partial charge in [-0.05, 0) is 98.2 Å². The molecular weight excluding hydrogens is 376 g/mol. The van der Waals surface area contributed by atoms with Gasteiger partial charge in [-0.25, -0.2) is 0 Å². The second-order valence-electron chi connectivity index (χ2n) is 11.4. The van der Waals surface area contributed by atoms with Gasteiger partial charge in [0, 0.05) is 0 Å². The van der Waals surface area contributed by atoms with Crippen LogP contribution < -0.4 is 0 Å². The Bertz CT molecular complexity index is 565. The molecule has 182 valence electrons. The number of rotatable bonds is 5. The fourth-order valence-corrected chi connectivity index (χ4v) is 8.14. The van der Waals surface area contributed by atoms with Crippen molar-refractivity contribution in [3.05, 3.63) is 11.6 Å². The Labute approximate surface area is 195 Å². The van der Waals surface area contributed by atoms with Crippen molar-refractivity contribution in [2.24, 2.45) is 40.4 Å². The minimum atomic E-state index is -0.0731. The molecule has 4 aliphatic carbocycles. The Morgan fingerprint density at radius 2 is 1.71 bits per heavy atom. The van der Waals surface area contributed by atoms with E-state index in [0.717, 1.165) is 42.4 Å². The molecule has 1 heteroatoms. The number of fused-ring (bicyclic) bond motifs is 5. The highest BCUT2D eigenvalue weighted by Gasteiger charge is 2.58. The predicted octanol–water partition coefficient (Wildman–Crippen LogP) is 9.20. The number of hydrogen-bond donors (Lipinski definition) is 1. The molecule has 0 heterocycles. The number of aliphatic hydroxyl groups excluding tert-OH is 1. The third-order valence-electron chi connectivity index (χ3n) is 10.2. The maximum Gasteiger partial charge on any atom is 0.0577 e. The molecule has 0 aromatic rings. The fourth-order valence-electron chi connectivity index (χ4n) is 8.14. The summed E-state index contributed by atoms with van der Waals surface area (Å²) >= 11 is 0. The molecule has 1 nitrogen and oxygen atoms in total. The Morgan fingerprint density at radius 3 is 2.39 bits per heavy atom. The highest BCUT2D eigenvalue weighted by Crippen LogP contribution is 2.66. The van der Waals surface area contributed by atoms with E-state index < -0.39 is 0 Å². The third-order valence-corrected chi connectivity index (χ3v) is 10.2. The summed E-state index contributed by atoms with van der Waals surface area (Å²) in [6, 6.07) is 0. The van der Waals surface area contributed by atoms with Gasteiger partial charge in [-0.2, -0.15) is 0 Å². The van der Waals surface area contributed by atoms with Gasteiger partial charge in [-0.1, -0.05) is 86.3 Å². The average molecular weight is 433 g/mol. The number of hydrogen-bond acceptors (Lipinski definition) is 1. The maximum absolute atomic E-state index is 10.2. The van der Waals surface area contributed by atoms with Crippen molar-refractivity contribution in [2.45, 2.75) is 139 Å². The van der Waals surface area contributed by atoms with E-state index >= 15 is 0 Å². The standard InChI is InChI=1S/C26H44O.2C2H6/c1-5-18(2)7-6-8-19-10-12-23-22-11-9-20-17-21(27)13-15-26(20,4)24(22)14-16-25(19,23)3;2*1-2/h9,18-19,21-24,27H,5-8,10-17H2,1-4H3;2*1-2H3/t18-,19-,21-,22-,23?,24?,25+,26-;;/m0../s1. The highest BCUT2D eigenvalue weighted by atomic mass is 16.3. The van der Waals surface area contributed by atoms with Crippen LogP contribution in [0.15, 0.2) is 11.6 Å². The molecule has 4 rings (SSSR count). The molecule has 2 unspecified atom stereocenters. The summed E-state index contributed by atoms with van der Waals surface area (Å²) < 4.78 is 0. The van der Waals surface area contributed by atoms with Crippen molar-refractivity contribution < 1.29 is 5.11 Å². The minimum Gasteiger partial charge on any atom is -0.393 e. The van der Waals surface area contributed by atoms with Gasteiger partial charge in [0.05, 0.1) is 6.10 Å². The molecule has 1 N–H and O–H groups in total. The van der Waals surface area contributed by atoms with Crippen LogP contribution >= 0.6 is 0 Å². The van der Waals surface area contributed by atoms with Gasteiger partial charge in [0.2, 0.25) is 0 Å². The van der Waals surface area contributed by atoms with E-state index in [2.05, 4.69) is 33.8 Å². The second-order valence-corrected chi connectivity index (χ2v) is 11.4. The van der Waals surface area contributed by atoms with Crippen LogP contribution in [0.2, 0.25) is 0 Å². The van der Waals surface area contributed by atoms with Crippen LogP contribution in [0.3, 0.4) is 0 Å². The van der Waals surface area contributed by atoms with Crippen molar-refractivity contribution in [3.8, 4) is 0 Å². The van der Waals surface area contributed by atoms with Gasteiger partial charge in [-0.3, -0.25) is 0 Å². The summed E-state index contributed by atoms with van der Waals surface area (Å²) in [4.78, 5) is 0. The third kappa shape index (κ3) is 5.28. The molecule has 4 aliphatic rings. The molecule has 3 fully saturated rings. The molecule has 0 saturated heterocycles. The molecule has 0 aromatic carbocycles. The first-order valence-electron chi connectivity index (χ1n) is 14.3. The monoisotopic (exact) mass is 432 g/mol. The quantitative estimate of drug-likeness (QED) is 0.429. The summed E-state index contributed by atoms with van der Waals surface area (Å²) in [6.45, 7) is 18.0. The largest absolute Gasteiger partial charge is 0.393 e. The molecule has 0 radical (unpaired) electrons. The molecule has 0 amide bonds. The van der Waals surface area contributed by atoms with E-state index in [1.807, 2.05) is 27.7 Å². The Balaban J connectivity index is 0.000000807. The molecular formula is C30H56O. The van der Waals surface area contributed by atoms with Crippen LogP contribution in [-0.4, -0.2) is 11.2 Å². The van der Waals surface area contributed by atoms with Crippen molar-refractivity contribution in [2.75, 3.05) is 0 Å². The fraction of sp³-hybridized carbons (Fsp3) is 0.933. The van der Waals surface area contributed by atoms with Crippen molar-refractivity contribution in [3.63, 3.8) is 0 Å². The lowest BCUT2D eigenvalue weighted by Gasteiger charge is -2.58. The summed E-state index contributed by atoms with van der Waals surface area (Å²) in [6.07, 6.45) is 18.7. The normalized spacial score (nSPS) is 41.8. The van der Waals surface area contributed by atoms with Crippen LogP contribution in [0.5, 0.6) is 0 Å². The summed E-state index contributed by atoms with van der Waals surface area (Å²) in [5.74, 6) is 4.67. The van der Waals surface area contributed by atoms with Crippen LogP contribution in [0.1, 0.15) is 132 Å². The predicted molar refractivity (Wildman–Crippen MR) is 137 cm³/mol. The second kappa shape index (κ2) is 11.7. The molecule has 0 spiro atoms. The van der Waals surface area contributed by atoms with Crippen LogP contribution in [0.25, 0.3) is 0 Å². The highest BCUT2D eigenvalue weighted by molar-refractivity contribution is 5.25. The van der Waals surface area contributed by atoms with Crippen LogP contribution in [0, 0.1) is 40.4 Å². The topological polar surface area (TPSA) is 20.2 Å². The van der Waals surface area contributed by atoms with E-state index in [0.29, 0.717) is 10.8 Å². The Kier molecular flexibility index (Phi) is 10.2. The van der Waals surface area contributed by atoms with Crippen molar-refractivity contribution in [1.82, 2.24) is 0 Å². The smallest absolute Gasteiger partial charge is 0.0577 e. The first-order valence-corrected chi connectivity index (χ1v) is 14.3. The zero-order valence-electron chi connectivity index (χ0n) is 22.5. The first kappa shape index (κ1) is 26.9. The Hall–Kier alpha value is -0.300. The van der Waals surface area contributed by atoms with Crippen LogP contribution in [-0.2, 0) is 0 Å². The van der Waals surface area contributed by atoms with Crippen molar-refractivity contribution in [1.29, 1.82) is 0 Å². The zero-order chi connectivity index (χ0) is 23.2. The molecule has 0 bridgehead atoms. The maximum atomic E-state index is 10.2. The van der Waals surface area contributed by atoms with E-state index in [-0.39, 0.29) is 6.10 Å². The van der Waals surface area contributed by atoms with Gasteiger partial charge in [0.15, 0.2) is 0 Å². The van der Waals surface area contributed by atoms with E-state index in [9.17, 15) is 5.11 Å². The number of allylic oxidation sites excluding steroid dienone is 1. The van der Waals surface area contributed by atoms with E-state index in [1.54, 1.807) is 5.57 Å². The van der Waals surface area contributed by atoms with Gasteiger partial charge >= 0.3 is 0 Å². The summed E-state index contributed by atoms with van der Waals surface area (Å²) in [5, 5.41) is 10.2. The molecule has 0 aromatic heterocycles. The van der Waals surface area contributed by atoms with Gasteiger partial charge in [0.25, 0.3) is 0 Å².